The van der Waals surface area contributed by atoms with Gasteiger partial charge in [0.2, 0.25) is 19.1 Å². The summed E-state index contributed by atoms with van der Waals surface area (Å²) in [4.78, 5) is 23.2. The summed E-state index contributed by atoms with van der Waals surface area (Å²) in [5.74, 6) is 2.40. The number of benzene rings is 2. The predicted octanol–water partition coefficient (Wildman–Crippen LogP) is 2.90. The molecule has 29 heavy (non-hydrogen) atoms. The molecule has 2 heterocycles. The van der Waals surface area contributed by atoms with Crippen LogP contribution in [0.3, 0.4) is 0 Å². The van der Waals surface area contributed by atoms with Crippen LogP contribution in [-0.4, -0.2) is 44.1 Å². The van der Waals surface area contributed by atoms with Gasteiger partial charge in [0, 0.05) is 25.4 Å². The Kier molecular flexibility index (Phi) is 6.73. The molecule has 0 radical (unpaired) electrons. The summed E-state index contributed by atoms with van der Waals surface area (Å²) in [6.07, 6.45) is 1.26. The van der Waals surface area contributed by atoms with Crippen LogP contribution in [0, 0.1) is 6.92 Å². The molecule has 1 aromatic heterocycles. The van der Waals surface area contributed by atoms with Crippen LogP contribution in [0.1, 0.15) is 11.3 Å². The molecule has 0 spiro atoms. The van der Waals surface area contributed by atoms with E-state index in [1.54, 1.807) is 7.05 Å². The van der Waals surface area contributed by atoms with E-state index in [9.17, 15) is 9.59 Å². The Morgan fingerprint density at radius 3 is 2.41 bits per heavy atom. The number of rotatable bonds is 6. The molecule has 2 aromatic carbocycles. The summed E-state index contributed by atoms with van der Waals surface area (Å²) < 4.78 is 15.9. The summed E-state index contributed by atoms with van der Waals surface area (Å²) in [7, 11) is 1.57. The van der Waals surface area contributed by atoms with Crippen LogP contribution in [0.15, 0.2) is 52.9 Å². The minimum absolute atomic E-state index is 0.0720. The summed E-state index contributed by atoms with van der Waals surface area (Å²) >= 11 is 0. The second-order valence-electron chi connectivity index (χ2n) is 6.62. The Morgan fingerprint density at radius 1 is 1.10 bits per heavy atom. The van der Waals surface area contributed by atoms with Gasteiger partial charge in [-0.1, -0.05) is 30.3 Å². The van der Waals surface area contributed by atoms with Gasteiger partial charge in [0.1, 0.15) is 11.3 Å². The molecule has 4 rings (SSSR count). The number of furan rings is 1. The monoisotopic (exact) mass is 396 g/mol. The molecule has 7 heteroatoms. The molecule has 3 aromatic rings. The highest BCUT2D eigenvalue weighted by Gasteiger charge is 2.11. The highest BCUT2D eigenvalue weighted by atomic mass is 16.7. The summed E-state index contributed by atoms with van der Waals surface area (Å²) in [6.45, 7) is 2.94. The first kappa shape index (κ1) is 20.3. The molecule has 0 saturated carbocycles. The van der Waals surface area contributed by atoms with Crippen molar-refractivity contribution in [2.24, 2.45) is 0 Å². The van der Waals surface area contributed by atoms with Crippen LogP contribution >= 0.6 is 0 Å². The van der Waals surface area contributed by atoms with Crippen LogP contribution in [0.5, 0.6) is 11.5 Å². The fraction of sp³-hybridized carbons (Fsp3) is 0.273. The van der Waals surface area contributed by atoms with Gasteiger partial charge in [0.15, 0.2) is 11.5 Å². The summed E-state index contributed by atoms with van der Waals surface area (Å²) in [5.41, 5.74) is 1.98. The van der Waals surface area contributed by atoms with E-state index in [4.69, 9.17) is 13.9 Å². The number of carbonyl (C=O) groups excluding carboxylic acids is 2. The van der Waals surface area contributed by atoms with Gasteiger partial charge in [-0.3, -0.25) is 9.59 Å². The number of nitrogens with zero attached hydrogens (tertiary/aromatic N) is 1. The van der Waals surface area contributed by atoms with Gasteiger partial charge >= 0.3 is 0 Å². The lowest BCUT2D eigenvalue weighted by Gasteiger charge is -2.10. The lowest BCUT2D eigenvalue weighted by atomic mass is 10.1. The van der Waals surface area contributed by atoms with Gasteiger partial charge in [-0.15, -0.1) is 0 Å². The Balaban J connectivity index is 0.000000220. The Labute approximate surface area is 169 Å². The van der Waals surface area contributed by atoms with Crippen molar-refractivity contribution < 1.29 is 23.5 Å². The molecule has 1 N–H and O–H groups in total. The molecule has 0 atom stereocenters. The minimum Gasteiger partial charge on any atom is -0.461 e. The van der Waals surface area contributed by atoms with E-state index in [1.165, 1.54) is 4.90 Å². The minimum atomic E-state index is -0.173. The SMILES string of the molecule is Cc1c(CCNC(=O)CN(C)C=O)oc2ccccc12.c1ccc2c(c1)OCO2. The quantitative estimate of drug-likeness (QED) is 0.648. The largest absolute Gasteiger partial charge is 0.461 e. The number of ether oxygens (including phenoxy) is 2. The van der Waals surface area contributed by atoms with Crippen LogP contribution in [0.25, 0.3) is 11.0 Å². The molecule has 0 unspecified atom stereocenters. The molecule has 2 amide bonds. The zero-order chi connectivity index (χ0) is 20.6. The Morgan fingerprint density at radius 2 is 1.76 bits per heavy atom. The second kappa shape index (κ2) is 9.64. The van der Waals surface area contributed by atoms with Crippen molar-refractivity contribution in [1.82, 2.24) is 10.2 Å². The van der Waals surface area contributed by atoms with E-state index in [1.807, 2.05) is 55.5 Å². The van der Waals surface area contributed by atoms with E-state index < -0.39 is 0 Å². The topological polar surface area (TPSA) is 81.0 Å². The first-order valence-electron chi connectivity index (χ1n) is 9.32. The van der Waals surface area contributed by atoms with Gasteiger partial charge in [-0.25, -0.2) is 0 Å². The predicted molar refractivity (Wildman–Crippen MR) is 109 cm³/mol. The van der Waals surface area contributed by atoms with E-state index in [0.717, 1.165) is 33.8 Å². The van der Waals surface area contributed by atoms with Crippen molar-refractivity contribution in [3.8, 4) is 11.5 Å². The molecule has 0 fully saturated rings. The normalized spacial score (nSPS) is 11.5. The van der Waals surface area contributed by atoms with Gasteiger partial charge < -0.3 is 24.1 Å². The molecule has 0 saturated heterocycles. The number of likely N-dealkylation sites (N-methyl/N-ethyl adjacent to an activating group) is 1. The average Bonchev–Trinajstić information content (AvgIpc) is 3.33. The van der Waals surface area contributed by atoms with Gasteiger partial charge in [0.05, 0.1) is 6.54 Å². The lowest BCUT2D eigenvalue weighted by molar-refractivity contribution is -0.127. The molecule has 0 bridgehead atoms. The fourth-order valence-corrected chi connectivity index (χ4v) is 2.94. The fourth-order valence-electron chi connectivity index (χ4n) is 2.94. The van der Waals surface area contributed by atoms with Crippen LogP contribution < -0.4 is 14.8 Å². The van der Waals surface area contributed by atoms with Gasteiger partial charge in [-0.05, 0) is 30.7 Å². The van der Waals surface area contributed by atoms with E-state index in [0.29, 0.717) is 26.2 Å². The highest BCUT2D eigenvalue weighted by molar-refractivity contribution is 5.82. The third-order valence-corrected chi connectivity index (χ3v) is 4.47. The molecule has 1 aliphatic rings. The van der Waals surface area contributed by atoms with E-state index in [-0.39, 0.29) is 12.5 Å². The summed E-state index contributed by atoms with van der Waals surface area (Å²) in [5, 5.41) is 3.87. The first-order chi connectivity index (χ1) is 14.1. The number of amides is 2. The van der Waals surface area contributed by atoms with Gasteiger partial charge in [-0.2, -0.15) is 0 Å². The molecule has 1 aliphatic heterocycles. The maximum atomic E-state index is 11.5. The standard InChI is InChI=1S/C15H18N2O3.C7H6O2/c1-11-12-5-3-4-6-14(12)20-13(11)7-8-16-15(19)9-17(2)10-18;1-2-4-7-6(3-1)8-5-9-7/h3-6,10H,7-9H2,1-2H3,(H,16,19);1-4H,5H2. The second-order valence-corrected chi connectivity index (χ2v) is 6.62. The van der Waals surface area contributed by atoms with Crippen molar-refractivity contribution in [2.75, 3.05) is 26.9 Å². The van der Waals surface area contributed by atoms with Crippen molar-refractivity contribution in [3.05, 3.63) is 59.9 Å². The first-order valence-corrected chi connectivity index (χ1v) is 9.32. The Hall–Kier alpha value is -3.48. The number of fused-ring (bicyclic) bond motifs is 2. The number of para-hydroxylation sites is 3. The number of nitrogens with one attached hydrogen (secondary N) is 1. The number of aryl methyl sites for hydroxylation is 1. The molecule has 7 nitrogen and oxygen atoms in total. The molecule has 0 aliphatic carbocycles. The van der Waals surface area contributed by atoms with E-state index >= 15 is 0 Å². The third kappa shape index (κ3) is 5.28. The van der Waals surface area contributed by atoms with Gasteiger partial charge in [0.25, 0.3) is 0 Å². The lowest BCUT2D eigenvalue weighted by Crippen LogP contribution is -2.35. The smallest absolute Gasteiger partial charge is 0.239 e. The molecule has 152 valence electrons. The molecular weight excluding hydrogens is 372 g/mol. The molecular formula is C22H24N2O5. The zero-order valence-electron chi connectivity index (χ0n) is 16.5. The van der Waals surface area contributed by atoms with Crippen molar-refractivity contribution in [3.63, 3.8) is 0 Å². The summed E-state index contributed by atoms with van der Waals surface area (Å²) in [6, 6.07) is 15.5. The third-order valence-electron chi connectivity index (χ3n) is 4.47. The zero-order valence-corrected chi connectivity index (χ0v) is 16.5. The Bertz CT molecular complexity index is 959. The van der Waals surface area contributed by atoms with Crippen LogP contribution in [0.4, 0.5) is 0 Å². The van der Waals surface area contributed by atoms with Crippen molar-refractivity contribution >= 4 is 23.3 Å². The van der Waals surface area contributed by atoms with Crippen molar-refractivity contribution in [1.29, 1.82) is 0 Å². The highest BCUT2D eigenvalue weighted by Crippen LogP contribution is 2.30. The van der Waals surface area contributed by atoms with E-state index in [2.05, 4.69) is 5.32 Å². The average molecular weight is 396 g/mol. The number of hydrogen-bond acceptors (Lipinski definition) is 5. The van der Waals surface area contributed by atoms with Crippen molar-refractivity contribution in [2.45, 2.75) is 13.3 Å². The maximum Gasteiger partial charge on any atom is 0.239 e. The number of hydrogen-bond donors (Lipinski definition) is 1. The maximum absolute atomic E-state index is 11.5. The van der Waals surface area contributed by atoms with Crippen LogP contribution in [-0.2, 0) is 16.0 Å². The number of carbonyl (C=O) groups is 2. The van der Waals surface area contributed by atoms with Crippen LogP contribution in [0.2, 0.25) is 0 Å².